The lowest BCUT2D eigenvalue weighted by Crippen LogP contribution is -2.38. The molecule has 0 heterocycles. The third-order valence-electron chi connectivity index (χ3n) is 3.53. The van der Waals surface area contributed by atoms with Gasteiger partial charge in [0, 0.05) is 30.9 Å². The van der Waals surface area contributed by atoms with E-state index in [-0.39, 0.29) is 12.5 Å². The molecule has 21 heavy (non-hydrogen) atoms. The minimum atomic E-state index is -0.975. The lowest BCUT2D eigenvalue weighted by molar-refractivity contribution is -0.146. The molecular weight excluding hydrogens is 268 g/mol. The molecule has 1 aromatic carbocycles. The number of carbonyl (C=O) groups is 2. The van der Waals surface area contributed by atoms with Crippen molar-refractivity contribution in [2.45, 2.75) is 27.7 Å². The van der Waals surface area contributed by atoms with E-state index in [1.54, 1.807) is 26.0 Å². The Kier molecular flexibility index (Phi) is 5.76. The molecular formula is C16H24N2O3. The summed E-state index contributed by atoms with van der Waals surface area (Å²) in [5, 5.41) is 11.7. The number of amides is 1. The number of carboxylic acid groups (broad SMARTS) is 1. The molecule has 0 aliphatic carbocycles. The van der Waals surface area contributed by atoms with E-state index in [1.807, 2.05) is 12.1 Å². The van der Waals surface area contributed by atoms with Gasteiger partial charge in [-0.1, -0.05) is 0 Å². The van der Waals surface area contributed by atoms with Crippen molar-refractivity contribution >= 4 is 17.6 Å². The van der Waals surface area contributed by atoms with Crippen molar-refractivity contribution in [2.24, 2.45) is 5.41 Å². The van der Waals surface area contributed by atoms with Gasteiger partial charge in [0.1, 0.15) is 0 Å². The first kappa shape index (κ1) is 17.0. The molecule has 0 saturated carbocycles. The summed E-state index contributed by atoms with van der Waals surface area (Å²) in [6.45, 7) is 9.25. The predicted molar refractivity (Wildman–Crippen MR) is 83.8 cm³/mol. The van der Waals surface area contributed by atoms with Crippen LogP contribution in [-0.4, -0.2) is 36.6 Å². The van der Waals surface area contributed by atoms with Gasteiger partial charge in [-0.15, -0.1) is 0 Å². The molecule has 1 rings (SSSR count). The third-order valence-corrected chi connectivity index (χ3v) is 3.53. The van der Waals surface area contributed by atoms with Crippen molar-refractivity contribution in [3.05, 3.63) is 29.8 Å². The fraction of sp³-hybridized carbons (Fsp3) is 0.500. The van der Waals surface area contributed by atoms with Crippen molar-refractivity contribution < 1.29 is 14.7 Å². The molecule has 5 heteroatoms. The van der Waals surface area contributed by atoms with E-state index in [2.05, 4.69) is 24.1 Å². The molecule has 0 aliphatic heterocycles. The van der Waals surface area contributed by atoms with E-state index in [0.717, 1.165) is 18.8 Å². The second-order valence-corrected chi connectivity index (χ2v) is 5.59. The number of hydrogen-bond acceptors (Lipinski definition) is 3. The molecule has 0 fully saturated rings. The summed E-state index contributed by atoms with van der Waals surface area (Å²) in [7, 11) is 0. The number of benzene rings is 1. The summed E-state index contributed by atoms with van der Waals surface area (Å²) < 4.78 is 0. The van der Waals surface area contributed by atoms with E-state index >= 15 is 0 Å². The Morgan fingerprint density at radius 1 is 1.14 bits per heavy atom. The fourth-order valence-electron chi connectivity index (χ4n) is 1.89. The van der Waals surface area contributed by atoms with Gasteiger partial charge in [-0.2, -0.15) is 0 Å². The number of nitrogens with zero attached hydrogens (tertiary/aromatic N) is 1. The van der Waals surface area contributed by atoms with Crippen LogP contribution >= 0.6 is 0 Å². The first-order chi connectivity index (χ1) is 9.81. The maximum absolute atomic E-state index is 12.0. The van der Waals surface area contributed by atoms with Crippen molar-refractivity contribution in [3.8, 4) is 0 Å². The van der Waals surface area contributed by atoms with Gasteiger partial charge in [0.2, 0.25) is 0 Å². The van der Waals surface area contributed by atoms with E-state index in [4.69, 9.17) is 5.11 Å². The van der Waals surface area contributed by atoms with Gasteiger partial charge >= 0.3 is 5.97 Å². The second kappa shape index (κ2) is 7.11. The molecule has 0 radical (unpaired) electrons. The van der Waals surface area contributed by atoms with Crippen LogP contribution in [-0.2, 0) is 4.79 Å². The zero-order chi connectivity index (χ0) is 16.0. The molecule has 1 amide bonds. The van der Waals surface area contributed by atoms with Gasteiger partial charge < -0.3 is 15.3 Å². The molecule has 0 aromatic heterocycles. The molecule has 0 aliphatic rings. The highest BCUT2D eigenvalue weighted by Crippen LogP contribution is 2.16. The number of aliphatic carboxylic acids is 1. The highest BCUT2D eigenvalue weighted by atomic mass is 16.4. The SMILES string of the molecule is CCN(CC)c1ccc(C(=O)NCC(C)(C)C(=O)O)cc1. The Hall–Kier alpha value is -2.04. The maximum Gasteiger partial charge on any atom is 0.310 e. The number of carboxylic acids is 1. The number of hydrogen-bond donors (Lipinski definition) is 2. The molecule has 0 unspecified atom stereocenters. The molecule has 116 valence electrons. The summed E-state index contributed by atoms with van der Waals surface area (Å²) >= 11 is 0. The zero-order valence-electron chi connectivity index (χ0n) is 13.1. The number of anilines is 1. The van der Waals surface area contributed by atoms with Gasteiger partial charge in [-0.05, 0) is 52.0 Å². The Labute approximate surface area is 126 Å². The van der Waals surface area contributed by atoms with Crippen LogP contribution in [0, 0.1) is 5.41 Å². The Bertz CT molecular complexity index is 491. The first-order valence-corrected chi connectivity index (χ1v) is 7.18. The van der Waals surface area contributed by atoms with Crippen LogP contribution in [0.15, 0.2) is 24.3 Å². The van der Waals surface area contributed by atoms with Crippen LogP contribution in [0.5, 0.6) is 0 Å². The molecule has 0 spiro atoms. The third kappa shape index (κ3) is 4.48. The summed E-state index contributed by atoms with van der Waals surface area (Å²) in [4.78, 5) is 25.2. The van der Waals surface area contributed by atoms with Crippen LogP contribution in [0.1, 0.15) is 38.1 Å². The van der Waals surface area contributed by atoms with Gasteiger partial charge in [0.05, 0.1) is 5.41 Å². The van der Waals surface area contributed by atoms with Gasteiger partial charge in [-0.3, -0.25) is 9.59 Å². The quantitative estimate of drug-likeness (QED) is 0.809. The van der Waals surface area contributed by atoms with E-state index in [1.165, 1.54) is 0 Å². The monoisotopic (exact) mass is 292 g/mol. The number of rotatable bonds is 7. The van der Waals surface area contributed by atoms with Gasteiger partial charge in [0.15, 0.2) is 0 Å². The summed E-state index contributed by atoms with van der Waals surface area (Å²) in [6, 6.07) is 7.34. The van der Waals surface area contributed by atoms with E-state index in [9.17, 15) is 9.59 Å². The molecule has 0 bridgehead atoms. The van der Waals surface area contributed by atoms with Crippen LogP contribution in [0.25, 0.3) is 0 Å². The Balaban J connectivity index is 2.70. The Morgan fingerprint density at radius 3 is 2.10 bits per heavy atom. The smallest absolute Gasteiger partial charge is 0.310 e. The molecule has 2 N–H and O–H groups in total. The first-order valence-electron chi connectivity index (χ1n) is 7.18. The highest BCUT2D eigenvalue weighted by molar-refractivity contribution is 5.94. The van der Waals surface area contributed by atoms with Crippen LogP contribution < -0.4 is 10.2 Å². The average Bonchev–Trinajstić information content (AvgIpc) is 2.46. The van der Waals surface area contributed by atoms with Crippen molar-refractivity contribution in [3.63, 3.8) is 0 Å². The van der Waals surface area contributed by atoms with Crippen LogP contribution in [0.4, 0.5) is 5.69 Å². The van der Waals surface area contributed by atoms with Crippen LogP contribution in [0.3, 0.4) is 0 Å². The standard InChI is InChI=1S/C16H24N2O3/c1-5-18(6-2)13-9-7-12(8-10-13)14(19)17-11-16(3,4)15(20)21/h7-10H,5-6,11H2,1-4H3,(H,17,19)(H,20,21). The summed E-state index contributed by atoms with van der Waals surface area (Å²) in [5.74, 6) is -1.19. The molecule has 0 saturated heterocycles. The minimum Gasteiger partial charge on any atom is -0.481 e. The Morgan fingerprint density at radius 2 is 1.67 bits per heavy atom. The summed E-state index contributed by atoms with van der Waals surface area (Å²) in [5.41, 5.74) is 0.631. The van der Waals surface area contributed by atoms with Crippen molar-refractivity contribution in [2.75, 3.05) is 24.5 Å². The molecule has 1 aromatic rings. The maximum atomic E-state index is 12.0. The predicted octanol–water partition coefficient (Wildman–Crippen LogP) is 2.37. The minimum absolute atomic E-state index is 0.0962. The van der Waals surface area contributed by atoms with E-state index in [0.29, 0.717) is 5.56 Å². The average molecular weight is 292 g/mol. The molecule has 0 atom stereocenters. The van der Waals surface area contributed by atoms with Crippen molar-refractivity contribution in [1.29, 1.82) is 0 Å². The highest BCUT2D eigenvalue weighted by Gasteiger charge is 2.27. The largest absolute Gasteiger partial charge is 0.481 e. The fourth-order valence-corrected chi connectivity index (χ4v) is 1.89. The van der Waals surface area contributed by atoms with Crippen LogP contribution in [0.2, 0.25) is 0 Å². The van der Waals surface area contributed by atoms with Gasteiger partial charge in [-0.25, -0.2) is 0 Å². The normalized spacial score (nSPS) is 11.0. The van der Waals surface area contributed by atoms with Crippen molar-refractivity contribution in [1.82, 2.24) is 5.32 Å². The lowest BCUT2D eigenvalue weighted by atomic mass is 9.94. The molecule has 5 nitrogen and oxygen atoms in total. The topological polar surface area (TPSA) is 69.6 Å². The zero-order valence-corrected chi connectivity index (χ0v) is 13.1. The number of carbonyl (C=O) groups excluding carboxylic acids is 1. The van der Waals surface area contributed by atoms with Gasteiger partial charge in [0.25, 0.3) is 5.91 Å². The second-order valence-electron chi connectivity index (χ2n) is 5.59. The number of nitrogens with one attached hydrogen (secondary N) is 1. The van der Waals surface area contributed by atoms with E-state index < -0.39 is 11.4 Å². The summed E-state index contributed by atoms with van der Waals surface area (Å²) in [6.07, 6.45) is 0. The lowest BCUT2D eigenvalue weighted by Gasteiger charge is -2.21.